The van der Waals surface area contributed by atoms with Gasteiger partial charge in [0.05, 0.1) is 23.4 Å². The van der Waals surface area contributed by atoms with Crippen molar-refractivity contribution in [2.75, 3.05) is 19.7 Å². The predicted molar refractivity (Wildman–Crippen MR) is 118 cm³/mol. The van der Waals surface area contributed by atoms with Crippen LogP contribution in [0.1, 0.15) is 41.4 Å². The van der Waals surface area contributed by atoms with Crippen molar-refractivity contribution in [2.24, 2.45) is 0 Å². The molecule has 5 heteroatoms. The van der Waals surface area contributed by atoms with E-state index >= 15 is 0 Å². The van der Waals surface area contributed by atoms with E-state index in [1.807, 2.05) is 61.2 Å². The minimum atomic E-state index is 0.0524. The number of aryl methyl sites for hydroxylation is 2. The van der Waals surface area contributed by atoms with Gasteiger partial charge >= 0.3 is 0 Å². The molecule has 1 aromatic heterocycles. The minimum absolute atomic E-state index is 0.0524. The Bertz CT molecular complexity index is 1060. The molecular formula is C25H28N2O3. The zero-order valence-corrected chi connectivity index (χ0v) is 17.9. The average molecular weight is 405 g/mol. The molecule has 0 saturated carbocycles. The highest BCUT2D eigenvalue weighted by Gasteiger charge is 2.26. The zero-order valence-electron chi connectivity index (χ0n) is 17.9. The average Bonchev–Trinajstić information content (AvgIpc) is 2.75. The zero-order chi connectivity index (χ0) is 21.1. The fraction of sp³-hybridized carbons (Fsp3) is 0.360. The van der Waals surface area contributed by atoms with E-state index in [1.165, 1.54) is 0 Å². The lowest BCUT2D eigenvalue weighted by molar-refractivity contribution is 0.0588. The molecule has 1 fully saturated rings. The molecule has 2 heterocycles. The molecule has 1 amide bonds. The number of ether oxygens (including phenoxy) is 2. The van der Waals surface area contributed by atoms with Gasteiger partial charge in [-0.1, -0.05) is 23.8 Å². The summed E-state index contributed by atoms with van der Waals surface area (Å²) in [5, 5.41) is 1.01. The lowest BCUT2D eigenvalue weighted by atomic mass is 10.0. The number of amides is 1. The summed E-state index contributed by atoms with van der Waals surface area (Å²) in [5.41, 5.74) is 3.56. The normalized spacial score (nSPS) is 14.7. The third-order valence-electron chi connectivity index (χ3n) is 5.56. The summed E-state index contributed by atoms with van der Waals surface area (Å²) in [7, 11) is 0. The summed E-state index contributed by atoms with van der Waals surface area (Å²) in [5.74, 6) is 1.59. The lowest BCUT2D eigenvalue weighted by Crippen LogP contribution is -2.42. The Kier molecular flexibility index (Phi) is 5.88. The van der Waals surface area contributed by atoms with Gasteiger partial charge in [0.25, 0.3) is 5.91 Å². The van der Waals surface area contributed by atoms with Crippen LogP contribution in [-0.4, -0.2) is 41.6 Å². The SMILES string of the molecule is CCOc1ccccc1OC1CCN(C(=O)c2cc3cc(C)ccc3nc2C)CC1. The van der Waals surface area contributed by atoms with Crippen molar-refractivity contribution in [2.45, 2.75) is 39.7 Å². The Morgan fingerprint density at radius 1 is 1.07 bits per heavy atom. The van der Waals surface area contributed by atoms with E-state index in [2.05, 4.69) is 18.0 Å². The second-order valence-corrected chi connectivity index (χ2v) is 7.81. The van der Waals surface area contributed by atoms with Gasteiger partial charge in [0.15, 0.2) is 11.5 Å². The minimum Gasteiger partial charge on any atom is -0.490 e. The Balaban J connectivity index is 1.44. The highest BCUT2D eigenvalue weighted by atomic mass is 16.5. The van der Waals surface area contributed by atoms with Crippen molar-refractivity contribution in [3.05, 3.63) is 65.4 Å². The van der Waals surface area contributed by atoms with E-state index in [4.69, 9.17) is 9.47 Å². The summed E-state index contributed by atoms with van der Waals surface area (Å²) in [4.78, 5) is 19.7. The molecule has 4 rings (SSSR count). The smallest absolute Gasteiger partial charge is 0.255 e. The van der Waals surface area contributed by atoms with Crippen molar-refractivity contribution in [1.29, 1.82) is 0 Å². The molecule has 1 aliphatic heterocycles. The maximum atomic E-state index is 13.2. The first-order valence-electron chi connectivity index (χ1n) is 10.6. The highest BCUT2D eigenvalue weighted by Crippen LogP contribution is 2.30. The number of hydrogen-bond acceptors (Lipinski definition) is 4. The largest absolute Gasteiger partial charge is 0.490 e. The van der Waals surface area contributed by atoms with Crippen molar-refractivity contribution in [1.82, 2.24) is 9.88 Å². The van der Waals surface area contributed by atoms with E-state index in [0.717, 1.165) is 46.5 Å². The fourth-order valence-corrected chi connectivity index (χ4v) is 3.96. The van der Waals surface area contributed by atoms with Gasteiger partial charge in [-0.3, -0.25) is 9.78 Å². The van der Waals surface area contributed by atoms with E-state index in [0.29, 0.717) is 25.3 Å². The maximum Gasteiger partial charge on any atom is 0.255 e. The maximum absolute atomic E-state index is 13.2. The second-order valence-electron chi connectivity index (χ2n) is 7.81. The number of rotatable bonds is 5. The van der Waals surface area contributed by atoms with Crippen LogP contribution in [0, 0.1) is 13.8 Å². The van der Waals surface area contributed by atoms with E-state index < -0.39 is 0 Å². The Hall–Kier alpha value is -3.08. The van der Waals surface area contributed by atoms with Gasteiger partial charge in [-0.25, -0.2) is 0 Å². The van der Waals surface area contributed by atoms with Gasteiger partial charge in [-0.05, 0) is 51.1 Å². The molecule has 0 radical (unpaired) electrons. The van der Waals surface area contributed by atoms with Crippen molar-refractivity contribution in [3.63, 3.8) is 0 Å². The number of piperidine rings is 1. The third-order valence-corrected chi connectivity index (χ3v) is 5.56. The number of hydrogen-bond donors (Lipinski definition) is 0. The summed E-state index contributed by atoms with van der Waals surface area (Å²) in [6.07, 6.45) is 1.67. The Morgan fingerprint density at radius 2 is 1.80 bits per heavy atom. The van der Waals surface area contributed by atoms with Crippen LogP contribution in [0.5, 0.6) is 11.5 Å². The topological polar surface area (TPSA) is 51.7 Å². The number of carbonyl (C=O) groups is 1. The number of aromatic nitrogens is 1. The van der Waals surface area contributed by atoms with E-state index in [9.17, 15) is 4.79 Å². The van der Waals surface area contributed by atoms with E-state index in [1.54, 1.807) is 0 Å². The van der Waals surface area contributed by atoms with Crippen LogP contribution in [0.25, 0.3) is 10.9 Å². The third kappa shape index (κ3) is 4.25. The molecule has 0 bridgehead atoms. The molecule has 1 saturated heterocycles. The molecule has 2 aromatic carbocycles. The van der Waals surface area contributed by atoms with Crippen LogP contribution in [0.3, 0.4) is 0 Å². The number of fused-ring (bicyclic) bond motifs is 1. The number of pyridine rings is 1. The van der Waals surface area contributed by atoms with Gasteiger partial charge < -0.3 is 14.4 Å². The van der Waals surface area contributed by atoms with Gasteiger partial charge in [0, 0.05) is 31.3 Å². The van der Waals surface area contributed by atoms with Crippen LogP contribution in [0.2, 0.25) is 0 Å². The van der Waals surface area contributed by atoms with Gasteiger partial charge in [-0.2, -0.15) is 0 Å². The molecule has 5 nitrogen and oxygen atoms in total. The first kappa shape index (κ1) is 20.2. The molecule has 0 spiro atoms. The molecule has 156 valence electrons. The standard InChI is InChI=1S/C25H28N2O3/c1-4-29-23-7-5-6-8-24(23)30-20-11-13-27(14-12-20)25(28)21-16-19-15-17(2)9-10-22(19)26-18(21)3/h5-10,15-16,20H,4,11-14H2,1-3H3. The fourth-order valence-electron chi connectivity index (χ4n) is 3.96. The van der Waals surface area contributed by atoms with Crippen LogP contribution in [0.4, 0.5) is 0 Å². The van der Waals surface area contributed by atoms with E-state index in [-0.39, 0.29) is 12.0 Å². The molecule has 0 N–H and O–H groups in total. The van der Waals surface area contributed by atoms with Crippen LogP contribution < -0.4 is 9.47 Å². The first-order chi connectivity index (χ1) is 14.5. The predicted octanol–water partition coefficient (Wildman–Crippen LogP) is 4.93. The van der Waals surface area contributed by atoms with Crippen LogP contribution in [-0.2, 0) is 0 Å². The highest BCUT2D eigenvalue weighted by molar-refractivity contribution is 5.98. The summed E-state index contributed by atoms with van der Waals surface area (Å²) >= 11 is 0. The van der Waals surface area contributed by atoms with Gasteiger partial charge in [0.1, 0.15) is 6.10 Å². The molecule has 0 aliphatic carbocycles. The van der Waals surface area contributed by atoms with Crippen molar-refractivity contribution < 1.29 is 14.3 Å². The molecule has 0 unspecified atom stereocenters. The number of carbonyl (C=O) groups excluding carboxylic acids is 1. The molecule has 3 aromatic rings. The molecular weight excluding hydrogens is 376 g/mol. The van der Waals surface area contributed by atoms with Crippen molar-refractivity contribution in [3.8, 4) is 11.5 Å². The quantitative estimate of drug-likeness (QED) is 0.605. The molecule has 0 atom stereocenters. The number of para-hydroxylation sites is 2. The Labute approximate surface area is 177 Å². The summed E-state index contributed by atoms with van der Waals surface area (Å²) < 4.78 is 11.8. The van der Waals surface area contributed by atoms with Gasteiger partial charge in [-0.15, -0.1) is 0 Å². The van der Waals surface area contributed by atoms with Gasteiger partial charge in [0.2, 0.25) is 0 Å². The van der Waals surface area contributed by atoms with Crippen molar-refractivity contribution >= 4 is 16.8 Å². The summed E-state index contributed by atoms with van der Waals surface area (Å²) in [6, 6.07) is 15.9. The second kappa shape index (κ2) is 8.74. The number of benzene rings is 2. The lowest BCUT2D eigenvalue weighted by Gasteiger charge is -2.32. The number of likely N-dealkylation sites (tertiary alicyclic amines) is 1. The van der Waals surface area contributed by atoms with Crippen LogP contribution in [0.15, 0.2) is 48.5 Å². The Morgan fingerprint density at radius 3 is 2.53 bits per heavy atom. The molecule has 30 heavy (non-hydrogen) atoms. The summed E-state index contributed by atoms with van der Waals surface area (Å²) in [6.45, 7) is 7.87. The molecule has 1 aliphatic rings. The van der Waals surface area contributed by atoms with Crippen LogP contribution >= 0.6 is 0 Å². The number of nitrogens with zero attached hydrogens (tertiary/aromatic N) is 2. The first-order valence-corrected chi connectivity index (χ1v) is 10.6. The monoisotopic (exact) mass is 404 g/mol.